The second-order valence-corrected chi connectivity index (χ2v) is 8.75. The number of nitrogens with one attached hydrogen (secondary N) is 2. The first-order chi connectivity index (χ1) is 14.7. The summed E-state index contributed by atoms with van der Waals surface area (Å²) >= 11 is 0. The van der Waals surface area contributed by atoms with Gasteiger partial charge in [0, 0.05) is 30.9 Å². The molecule has 31 heavy (non-hydrogen) atoms. The van der Waals surface area contributed by atoms with E-state index < -0.39 is 28.0 Å². The van der Waals surface area contributed by atoms with Crippen molar-refractivity contribution in [2.45, 2.75) is 31.4 Å². The smallest absolute Gasteiger partial charge is 0.307 e. The van der Waals surface area contributed by atoms with Gasteiger partial charge in [0.25, 0.3) is 15.9 Å². The zero-order chi connectivity index (χ0) is 22.6. The van der Waals surface area contributed by atoms with Crippen molar-refractivity contribution in [1.82, 2.24) is 14.3 Å². The number of aromatic nitrogens is 2. The summed E-state index contributed by atoms with van der Waals surface area (Å²) in [5.74, 6) is -0.625. The van der Waals surface area contributed by atoms with Gasteiger partial charge in [-0.05, 0) is 25.3 Å². The average Bonchev–Trinajstić information content (AvgIpc) is 3.07. The highest BCUT2D eigenvalue weighted by Gasteiger charge is 2.21. The molecule has 0 radical (unpaired) electrons. The largest absolute Gasteiger partial charge is 0.452 e. The van der Waals surface area contributed by atoms with E-state index in [1.165, 1.54) is 13.1 Å². The Morgan fingerprint density at radius 3 is 2.58 bits per heavy atom. The Balaban J connectivity index is 1.51. The SMILES string of the molecule is Cc1nc(S(=O)(=O)NCCC(=O)OC(C)C(=O)Nc2cccc3ccccc23)cn1C. The number of rotatable bonds is 8. The number of carbonyl (C=O) groups excluding carboxylic acids is 2. The molecule has 1 atom stereocenters. The molecule has 1 heterocycles. The van der Waals surface area contributed by atoms with Crippen LogP contribution < -0.4 is 10.0 Å². The van der Waals surface area contributed by atoms with Crippen molar-refractivity contribution in [3.63, 3.8) is 0 Å². The molecule has 1 unspecified atom stereocenters. The number of amides is 1. The van der Waals surface area contributed by atoms with Gasteiger partial charge in [-0.3, -0.25) is 9.59 Å². The third-order valence-corrected chi connectivity index (χ3v) is 6.04. The van der Waals surface area contributed by atoms with Gasteiger partial charge in [0.1, 0.15) is 5.82 Å². The lowest BCUT2D eigenvalue weighted by Gasteiger charge is -2.15. The molecule has 0 saturated heterocycles. The second kappa shape index (κ2) is 9.27. The molecule has 0 aliphatic carbocycles. The summed E-state index contributed by atoms with van der Waals surface area (Å²) < 4.78 is 33.5. The van der Waals surface area contributed by atoms with Crippen LogP contribution in [0.2, 0.25) is 0 Å². The molecule has 3 aromatic rings. The third kappa shape index (κ3) is 5.47. The van der Waals surface area contributed by atoms with E-state index in [9.17, 15) is 18.0 Å². The summed E-state index contributed by atoms with van der Waals surface area (Å²) in [5.41, 5.74) is 0.615. The maximum Gasteiger partial charge on any atom is 0.307 e. The molecule has 1 aromatic heterocycles. The van der Waals surface area contributed by atoms with E-state index in [-0.39, 0.29) is 18.0 Å². The van der Waals surface area contributed by atoms with Crippen molar-refractivity contribution < 1.29 is 22.7 Å². The van der Waals surface area contributed by atoms with Gasteiger partial charge in [-0.15, -0.1) is 0 Å². The topological polar surface area (TPSA) is 119 Å². The molecule has 0 fully saturated rings. The molecule has 2 N–H and O–H groups in total. The van der Waals surface area contributed by atoms with Gasteiger partial charge < -0.3 is 14.6 Å². The molecule has 0 aliphatic heterocycles. The van der Waals surface area contributed by atoms with Crippen LogP contribution >= 0.6 is 0 Å². The second-order valence-electron chi connectivity index (χ2n) is 7.03. The summed E-state index contributed by atoms with van der Waals surface area (Å²) in [5, 5.41) is 4.48. The zero-order valence-corrected chi connectivity index (χ0v) is 18.3. The minimum absolute atomic E-state index is 0.122. The number of sulfonamides is 1. The van der Waals surface area contributed by atoms with E-state index in [2.05, 4.69) is 15.0 Å². The van der Waals surface area contributed by atoms with Gasteiger partial charge in [0.2, 0.25) is 0 Å². The van der Waals surface area contributed by atoms with Crippen LogP contribution in [0.4, 0.5) is 5.69 Å². The van der Waals surface area contributed by atoms with E-state index in [0.717, 1.165) is 10.8 Å². The van der Waals surface area contributed by atoms with E-state index in [1.807, 2.05) is 36.4 Å². The van der Waals surface area contributed by atoms with Crippen LogP contribution in [0.3, 0.4) is 0 Å². The molecule has 1 amide bonds. The lowest BCUT2D eigenvalue weighted by atomic mass is 10.1. The van der Waals surface area contributed by atoms with Crippen LogP contribution in [0.1, 0.15) is 19.2 Å². The quantitative estimate of drug-likeness (QED) is 0.514. The monoisotopic (exact) mass is 444 g/mol. The van der Waals surface area contributed by atoms with Gasteiger partial charge in [0.15, 0.2) is 11.1 Å². The Hall–Kier alpha value is -3.24. The number of benzene rings is 2. The highest BCUT2D eigenvalue weighted by Crippen LogP contribution is 2.23. The standard InChI is InChI=1S/C21H24N4O5S/c1-14(21(27)24-18-10-6-8-16-7-4-5-9-17(16)18)30-20(26)11-12-22-31(28,29)19-13-25(3)15(2)23-19/h4-10,13-14,22H,11-12H2,1-3H3,(H,24,27). The van der Waals surface area contributed by atoms with E-state index in [1.54, 1.807) is 24.6 Å². The Kier molecular flexibility index (Phi) is 6.71. The lowest BCUT2D eigenvalue weighted by molar-refractivity contribution is -0.152. The number of esters is 1. The van der Waals surface area contributed by atoms with Crippen LogP contribution in [0.15, 0.2) is 53.7 Å². The number of ether oxygens (including phenoxy) is 1. The maximum atomic E-state index is 12.4. The van der Waals surface area contributed by atoms with Crippen LogP contribution in [0.5, 0.6) is 0 Å². The molecule has 0 spiro atoms. The number of carbonyl (C=O) groups is 2. The van der Waals surface area contributed by atoms with Crippen molar-refractivity contribution in [1.29, 1.82) is 0 Å². The molecule has 0 aliphatic rings. The molecule has 0 bridgehead atoms. The average molecular weight is 445 g/mol. The van der Waals surface area contributed by atoms with Crippen LogP contribution in [0.25, 0.3) is 10.8 Å². The van der Waals surface area contributed by atoms with Crippen molar-refractivity contribution in [3.05, 3.63) is 54.5 Å². The number of imidazole rings is 1. The van der Waals surface area contributed by atoms with Gasteiger partial charge in [0.05, 0.1) is 6.42 Å². The van der Waals surface area contributed by atoms with E-state index in [0.29, 0.717) is 11.5 Å². The predicted octanol–water partition coefficient (Wildman–Crippen LogP) is 2.12. The number of hydrogen-bond donors (Lipinski definition) is 2. The molecular formula is C21H24N4O5S. The number of aryl methyl sites for hydroxylation is 2. The van der Waals surface area contributed by atoms with E-state index in [4.69, 9.17) is 4.74 Å². The number of anilines is 1. The first-order valence-corrected chi connectivity index (χ1v) is 11.1. The van der Waals surface area contributed by atoms with Gasteiger partial charge in [-0.25, -0.2) is 18.1 Å². The first-order valence-electron chi connectivity index (χ1n) is 9.65. The Morgan fingerprint density at radius 2 is 1.87 bits per heavy atom. The fourth-order valence-corrected chi connectivity index (χ4v) is 3.96. The van der Waals surface area contributed by atoms with E-state index >= 15 is 0 Å². The van der Waals surface area contributed by atoms with Crippen molar-refractivity contribution >= 4 is 38.4 Å². The Bertz CT molecular complexity index is 1190. The molecule has 3 rings (SSSR count). The first kappa shape index (κ1) is 22.4. The minimum Gasteiger partial charge on any atom is -0.452 e. The summed E-state index contributed by atoms with van der Waals surface area (Å²) in [6.07, 6.45) is 0.119. The zero-order valence-electron chi connectivity index (χ0n) is 17.5. The number of fused-ring (bicyclic) bond motifs is 1. The fraction of sp³-hybridized carbons (Fsp3) is 0.286. The number of hydrogen-bond acceptors (Lipinski definition) is 6. The molecule has 164 valence electrons. The Labute approximate surface area is 180 Å². The van der Waals surface area contributed by atoms with Gasteiger partial charge in [-0.1, -0.05) is 36.4 Å². The van der Waals surface area contributed by atoms with Gasteiger partial charge >= 0.3 is 5.97 Å². The summed E-state index contributed by atoms with van der Waals surface area (Å²) in [4.78, 5) is 28.4. The highest BCUT2D eigenvalue weighted by molar-refractivity contribution is 7.89. The van der Waals surface area contributed by atoms with Crippen LogP contribution in [-0.2, 0) is 31.4 Å². The molecule has 0 saturated carbocycles. The maximum absolute atomic E-state index is 12.4. The van der Waals surface area contributed by atoms with Crippen LogP contribution in [-0.4, -0.2) is 42.5 Å². The normalized spacial score (nSPS) is 12.5. The molecule has 2 aromatic carbocycles. The fourth-order valence-electron chi connectivity index (χ4n) is 2.90. The molecule has 10 heteroatoms. The minimum atomic E-state index is -3.83. The summed E-state index contributed by atoms with van der Waals surface area (Å²) in [6.45, 7) is 2.97. The highest BCUT2D eigenvalue weighted by atomic mass is 32.2. The van der Waals surface area contributed by atoms with Crippen molar-refractivity contribution in [2.24, 2.45) is 7.05 Å². The van der Waals surface area contributed by atoms with Crippen LogP contribution in [0, 0.1) is 6.92 Å². The lowest BCUT2D eigenvalue weighted by Crippen LogP contribution is -2.32. The Morgan fingerprint density at radius 1 is 1.16 bits per heavy atom. The number of nitrogens with zero attached hydrogens (tertiary/aromatic N) is 2. The summed E-state index contributed by atoms with van der Waals surface area (Å²) in [7, 11) is -2.15. The summed E-state index contributed by atoms with van der Waals surface area (Å²) in [6, 6.07) is 13.1. The third-order valence-electron chi connectivity index (χ3n) is 4.71. The molecular weight excluding hydrogens is 420 g/mol. The van der Waals surface area contributed by atoms with Gasteiger partial charge in [-0.2, -0.15) is 0 Å². The van der Waals surface area contributed by atoms with Crippen molar-refractivity contribution in [2.75, 3.05) is 11.9 Å². The van der Waals surface area contributed by atoms with Crippen molar-refractivity contribution in [3.8, 4) is 0 Å². The predicted molar refractivity (Wildman–Crippen MR) is 116 cm³/mol. The molecule has 9 nitrogen and oxygen atoms in total.